The predicted octanol–water partition coefficient (Wildman–Crippen LogP) is 0.710. The van der Waals surface area contributed by atoms with Gasteiger partial charge in [-0.1, -0.05) is 0 Å². The van der Waals surface area contributed by atoms with Gasteiger partial charge >= 0.3 is 0 Å². The van der Waals surface area contributed by atoms with Gasteiger partial charge in [-0.3, -0.25) is 4.68 Å². The van der Waals surface area contributed by atoms with Crippen LogP contribution in [0.5, 0.6) is 0 Å². The molecule has 0 aliphatic carbocycles. The van der Waals surface area contributed by atoms with E-state index in [0.29, 0.717) is 12.1 Å². The average molecular weight is 252 g/mol. The zero-order chi connectivity index (χ0) is 13.1. The van der Waals surface area contributed by atoms with Crippen LogP contribution in [0.15, 0.2) is 6.20 Å². The summed E-state index contributed by atoms with van der Waals surface area (Å²) in [7, 11) is 4.10. The lowest BCUT2D eigenvalue weighted by Gasteiger charge is -2.31. The fourth-order valence-electron chi connectivity index (χ4n) is 2.45. The van der Waals surface area contributed by atoms with E-state index in [1.807, 2.05) is 11.7 Å². The molecule has 1 fully saturated rings. The Morgan fingerprint density at radius 3 is 2.94 bits per heavy atom. The van der Waals surface area contributed by atoms with Crippen LogP contribution in [0.25, 0.3) is 0 Å². The third-order valence-electron chi connectivity index (χ3n) is 3.51. The summed E-state index contributed by atoms with van der Waals surface area (Å²) < 4.78 is 7.61. The molecule has 5 nitrogen and oxygen atoms in total. The Morgan fingerprint density at radius 2 is 2.33 bits per heavy atom. The number of nitrogens with one attached hydrogen (secondary N) is 1. The molecule has 0 spiro atoms. The van der Waals surface area contributed by atoms with E-state index < -0.39 is 0 Å². The van der Waals surface area contributed by atoms with E-state index in [-0.39, 0.29) is 0 Å². The number of nitrogens with zero attached hydrogens (tertiary/aromatic N) is 3. The Hall–Kier alpha value is -0.910. The Balaban J connectivity index is 1.84. The minimum atomic E-state index is 0.295. The SMILES string of the molecule is Cc1nn(C)cc1C(C)NCC1CN(C)CCO1. The zero-order valence-corrected chi connectivity index (χ0v) is 11.8. The molecule has 5 heteroatoms. The molecule has 1 N–H and O–H groups in total. The highest BCUT2D eigenvalue weighted by Gasteiger charge is 2.19. The summed E-state index contributed by atoms with van der Waals surface area (Å²) >= 11 is 0. The van der Waals surface area contributed by atoms with E-state index in [1.165, 1.54) is 5.56 Å². The van der Waals surface area contributed by atoms with Crippen molar-refractivity contribution >= 4 is 0 Å². The van der Waals surface area contributed by atoms with Crippen molar-refractivity contribution in [3.8, 4) is 0 Å². The third kappa shape index (κ3) is 3.31. The molecule has 102 valence electrons. The van der Waals surface area contributed by atoms with Crippen molar-refractivity contribution in [2.45, 2.75) is 26.0 Å². The van der Waals surface area contributed by atoms with E-state index in [4.69, 9.17) is 4.74 Å². The number of aryl methyl sites for hydroxylation is 2. The van der Waals surface area contributed by atoms with E-state index >= 15 is 0 Å². The van der Waals surface area contributed by atoms with Gasteiger partial charge in [-0.25, -0.2) is 0 Å². The molecule has 0 saturated carbocycles. The third-order valence-corrected chi connectivity index (χ3v) is 3.51. The van der Waals surface area contributed by atoms with Gasteiger partial charge in [-0.05, 0) is 20.9 Å². The molecule has 1 aliphatic heterocycles. The summed E-state index contributed by atoms with van der Waals surface area (Å²) in [6.45, 7) is 8.00. The Labute approximate surface area is 109 Å². The van der Waals surface area contributed by atoms with Gasteiger partial charge in [0.25, 0.3) is 0 Å². The van der Waals surface area contributed by atoms with Crippen molar-refractivity contribution in [2.24, 2.45) is 7.05 Å². The lowest BCUT2D eigenvalue weighted by molar-refractivity contribution is -0.0191. The van der Waals surface area contributed by atoms with Gasteiger partial charge in [0, 0.05) is 44.5 Å². The summed E-state index contributed by atoms with van der Waals surface area (Å²) in [4.78, 5) is 2.32. The quantitative estimate of drug-likeness (QED) is 0.857. The zero-order valence-electron chi connectivity index (χ0n) is 11.8. The number of morpholine rings is 1. The molecule has 1 saturated heterocycles. The molecule has 18 heavy (non-hydrogen) atoms. The molecular weight excluding hydrogens is 228 g/mol. The van der Waals surface area contributed by atoms with Crippen LogP contribution in [0.3, 0.4) is 0 Å². The molecule has 1 aromatic heterocycles. The first-order valence-corrected chi connectivity index (χ1v) is 6.60. The van der Waals surface area contributed by atoms with Crippen LogP contribution in [0.1, 0.15) is 24.2 Å². The standard InChI is InChI=1S/C13H24N4O/c1-10(13-9-17(4)15-11(13)2)14-7-12-8-16(3)5-6-18-12/h9-10,12,14H,5-8H2,1-4H3. The molecular formula is C13H24N4O. The maximum atomic E-state index is 5.75. The fourth-order valence-corrected chi connectivity index (χ4v) is 2.45. The molecule has 0 amide bonds. The lowest BCUT2D eigenvalue weighted by atomic mass is 10.1. The second-order valence-corrected chi connectivity index (χ2v) is 5.23. The topological polar surface area (TPSA) is 42.3 Å². The first kappa shape index (κ1) is 13.5. The number of hydrogen-bond donors (Lipinski definition) is 1. The van der Waals surface area contributed by atoms with Gasteiger partial charge in [-0.15, -0.1) is 0 Å². The van der Waals surface area contributed by atoms with Crippen molar-refractivity contribution in [1.29, 1.82) is 0 Å². The molecule has 2 rings (SSSR count). The molecule has 1 aromatic rings. The maximum absolute atomic E-state index is 5.75. The van der Waals surface area contributed by atoms with Crippen LogP contribution < -0.4 is 5.32 Å². The highest BCUT2D eigenvalue weighted by atomic mass is 16.5. The number of ether oxygens (including phenoxy) is 1. The Morgan fingerprint density at radius 1 is 1.56 bits per heavy atom. The summed E-state index contributed by atoms with van der Waals surface area (Å²) in [5.41, 5.74) is 2.36. The van der Waals surface area contributed by atoms with Gasteiger partial charge in [0.1, 0.15) is 0 Å². The second kappa shape index (κ2) is 5.82. The molecule has 2 unspecified atom stereocenters. The fraction of sp³-hybridized carbons (Fsp3) is 0.769. The number of rotatable bonds is 4. The first-order chi connectivity index (χ1) is 8.56. The Bertz CT molecular complexity index is 390. The van der Waals surface area contributed by atoms with Crippen molar-refractivity contribution in [2.75, 3.05) is 33.3 Å². The molecule has 0 aromatic carbocycles. The monoisotopic (exact) mass is 252 g/mol. The Kier molecular flexibility index (Phi) is 4.37. The van der Waals surface area contributed by atoms with E-state index in [9.17, 15) is 0 Å². The van der Waals surface area contributed by atoms with Gasteiger partial charge in [-0.2, -0.15) is 5.10 Å². The smallest absolute Gasteiger partial charge is 0.0826 e. The van der Waals surface area contributed by atoms with Crippen LogP contribution >= 0.6 is 0 Å². The van der Waals surface area contributed by atoms with Crippen LogP contribution in [0.4, 0.5) is 0 Å². The number of hydrogen-bond acceptors (Lipinski definition) is 4. The first-order valence-electron chi connectivity index (χ1n) is 6.60. The summed E-state index contributed by atoms with van der Waals surface area (Å²) in [5, 5.41) is 7.91. The number of aromatic nitrogens is 2. The second-order valence-electron chi connectivity index (χ2n) is 5.23. The van der Waals surface area contributed by atoms with Gasteiger partial charge in [0.2, 0.25) is 0 Å². The molecule has 0 radical (unpaired) electrons. The van der Waals surface area contributed by atoms with Gasteiger partial charge in [0.15, 0.2) is 0 Å². The summed E-state index contributed by atoms with van der Waals surface area (Å²) in [6, 6.07) is 0.314. The summed E-state index contributed by atoms with van der Waals surface area (Å²) in [5.74, 6) is 0. The predicted molar refractivity (Wildman–Crippen MR) is 71.6 cm³/mol. The summed E-state index contributed by atoms with van der Waals surface area (Å²) in [6.07, 6.45) is 2.38. The molecule has 2 heterocycles. The van der Waals surface area contributed by atoms with E-state index in [0.717, 1.165) is 31.9 Å². The highest BCUT2D eigenvalue weighted by Crippen LogP contribution is 2.15. The average Bonchev–Trinajstić information content (AvgIpc) is 2.66. The number of likely N-dealkylation sites (N-methyl/N-ethyl adjacent to an activating group) is 1. The molecule has 1 aliphatic rings. The lowest BCUT2D eigenvalue weighted by Crippen LogP contribution is -2.45. The van der Waals surface area contributed by atoms with Crippen LogP contribution in [0.2, 0.25) is 0 Å². The van der Waals surface area contributed by atoms with Crippen molar-refractivity contribution in [1.82, 2.24) is 20.0 Å². The highest BCUT2D eigenvalue weighted by molar-refractivity contribution is 5.19. The van der Waals surface area contributed by atoms with Crippen molar-refractivity contribution in [3.63, 3.8) is 0 Å². The normalized spacial score (nSPS) is 23.2. The van der Waals surface area contributed by atoms with Crippen molar-refractivity contribution in [3.05, 3.63) is 17.5 Å². The minimum Gasteiger partial charge on any atom is -0.374 e. The minimum absolute atomic E-state index is 0.295. The van der Waals surface area contributed by atoms with Crippen LogP contribution in [-0.2, 0) is 11.8 Å². The van der Waals surface area contributed by atoms with Gasteiger partial charge < -0.3 is 15.0 Å². The van der Waals surface area contributed by atoms with Crippen LogP contribution in [-0.4, -0.2) is 54.1 Å². The van der Waals surface area contributed by atoms with E-state index in [1.54, 1.807) is 0 Å². The maximum Gasteiger partial charge on any atom is 0.0826 e. The molecule has 0 bridgehead atoms. The van der Waals surface area contributed by atoms with E-state index in [2.05, 4.69) is 42.4 Å². The van der Waals surface area contributed by atoms with Crippen LogP contribution in [0, 0.1) is 6.92 Å². The van der Waals surface area contributed by atoms with Gasteiger partial charge in [0.05, 0.1) is 18.4 Å². The largest absolute Gasteiger partial charge is 0.374 e. The van der Waals surface area contributed by atoms with Crippen molar-refractivity contribution < 1.29 is 4.74 Å². The molecule has 2 atom stereocenters.